The van der Waals surface area contributed by atoms with Crippen LogP contribution >= 0.6 is 15.9 Å². The molecule has 28 heavy (non-hydrogen) atoms. The SMILES string of the molecule is CC(C)CC(c1cc(Br)cc2cn[nH]c12)n1ncc2cc(OC(=O)O)ccc21. The van der Waals surface area contributed by atoms with Crippen molar-refractivity contribution in [1.29, 1.82) is 0 Å². The lowest BCUT2D eigenvalue weighted by atomic mass is 9.95. The molecule has 0 aliphatic heterocycles. The number of benzene rings is 2. The second-order valence-electron chi connectivity index (χ2n) is 7.15. The minimum atomic E-state index is -1.33. The zero-order valence-electron chi connectivity index (χ0n) is 15.4. The molecule has 0 spiro atoms. The summed E-state index contributed by atoms with van der Waals surface area (Å²) in [4.78, 5) is 10.8. The summed E-state index contributed by atoms with van der Waals surface area (Å²) in [6.07, 6.45) is 3.10. The van der Waals surface area contributed by atoms with Crippen molar-refractivity contribution in [2.24, 2.45) is 5.92 Å². The second kappa shape index (κ2) is 7.27. The molecule has 2 aromatic heterocycles. The van der Waals surface area contributed by atoms with E-state index in [0.29, 0.717) is 5.92 Å². The van der Waals surface area contributed by atoms with Crippen LogP contribution in [0.5, 0.6) is 5.75 Å². The highest BCUT2D eigenvalue weighted by Crippen LogP contribution is 2.35. The van der Waals surface area contributed by atoms with Crippen molar-refractivity contribution in [1.82, 2.24) is 20.0 Å². The Bertz CT molecular complexity index is 1160. The van der Waals surface area contributed by atoms with E-state index in [0.717, 1.165) is 38.3 Å². The highest BCUT2D eigenvalue weighted by atomic mass is 79.9. The number of H-pyrrole nitrogens is 1. The maximum atomic E-state index is 10.8. The van der Waals surface area contributed by atoms with E-state index >= 15 is 0 Å². The Labute approximate surface area is 169 Å². The van der Waals surface area contributed by atoms with E-state index in [-0.39, 0.29) is 11.8 Å². The van der Waals surface area contributed by atoms with Crippen molar-refractivity contribution >= 4 is 43.9 Å². The normalized spacial score (nSPS) is 12.7. The molecule has 4 rings (SSSR count). The molecule has 2 N–H and O–H groups in total. The average molecular weight is 443 g/mol. The van der Waals surface area contributed by atoms with Crippen LogP contribution in [0.2, 0.25) is 0 Å². The van der Waals surface area contributed by atoms with Gasteiger partial charge in [-0.1, -0.05) is 29.8 Å². The summed E-state index contributed by atoms with van der Waals surface area (Å²) >= 11 is 3.60. The lowest BCUT2D eigenvalue weighted by Gasteiger charge is -2.22. The van der Waals surface area contributed by atoms with Crippen LogP contribution in [-0.2, 0) is 0 Å². The van der Waals surface area contributed by atoms with Gasteiger partial charge in [0, 0.05) is 20.8 Å². The number of ether oxygens (including phenoxy) is 1. The number of hydrogen-bond acceptors (Lipinski definition) is 4. The third-order valence-electron chi connectivity index (χ3n) is 4.67. The Kier molecular flexibility index (Phi) is 4.80. The van der Waals surface area contributed by atoms with Crippen molar-refractivity contribution in [2.75, 3.05) is 0 Å². The number of aromatic amines is 1. The number of aromatic nitrogens is 4. The van der Waals surface area contributed by atoms with Crippen LogP contribution < -0.4 is 4.74 Å². The summed E-state index contributed by atoms with van der Waals surface area (Å²) in [5.74, 6) is 0.717. The second-order valence-corrected chi connectivity index (χ2v) is 8.07. The van der Waals surface area contributed by atoms with Gasteiger partial charge in [-0.15, -0.1) is 0 Å². The summed E-state index contributed by atoms with van der Waals surface area (Å²) < 4.78 is 7.74. The first kappa shape index (κ1) is 18.5. The summed E-state index contributed by atoms with van der Waals surface area (Å²) in [6.45, 7) is 4.36. The number of hydrogen-bond donors (Lipinski definition) is 2. The number of halogens is 1. The minimum absolute atomic E-state index is 0.0100. The third kappa shape index (κ3) is 3.47. The predicted octanol–water partition coefficient (Wildman–Crippen LogP) is 5.37. The van der Waals surface area contributed by atoms with Gasteiger partial charge in [0.2, 0.25) is 0 Å². The molecule has 144 valence electrons. The molecule has 8 heteroatoms. The molecule has 0 amide bonds. The summed E-state index contributed by atoms with van der Waals surface area (Å²) in [6, 6.07) is 9.30. The van der Waals surface area contributed by atoms with Crippen molar-refractivity contribution in [2.45, 2.75) is 26.3 Å². The van der Waals surface area contributed by atoms with E-state index in [2.05, 4.69) is 51.1 Å². The van der Waals surface area contributed by atoms with Crippen LogP contribution in [0, 0.1) is 5.92 Å². The van der Waals surface area contributed by atoms with Gasteiger partial charge in [0.05, 0.1) is 29.5 Å². The van der Waals surface area contributed by atoms with E-state index in [4.69, 9.17) is 9.84 Å². The Morgan fingerprint density at radius 2 is 2.07 bits per heavy atom. The molecule has 0 aliphatic rings. The Morgan fingerprint density at radius 3 is 2.82 bits per heavy atom. The van der Waals surface area contributed by atoms with Gasteiger partial charge in [0.15, 0.2) is 0 Å². The van der Waals surface area contributed by atoms with Crippen LogP contribution in [0.25, 0.3) is 21.8 Å². The van der Waals surface area contributed by atoms with Crippen LogP contribution in [-0.4, -0.2) is 31.2 Å². The number of fused-ring (bicyclic) bond motifs is 2. The first-order chi connectivity index (χ1) is 13.4. The van der Waals surface area contributed by atoms with Gasteiger partial charge in [-0.3, -0.25) is 9.78 Å². The molecule has 7 nitrogen and oxygen atoms in total. The summed E-state index contributed by atoms with van der Waals surface area (Å²) in [5.41, 5.74) is 3.01. The number of nitrogens with one attached hydrogen (secondary N) is 1. The fourth-order valence-electron chi connectivity index (χ4n) is 3.56. The van der Waals surface area contributed by atoms with Gasteiger partial charge in [-0.2, -0.15) is 10.2 Å². The van der Waals surface area contributed by atoms with Crippen LogP contribution in [0.4, 0.5) is 4.79 Å². The fraction of sp³-hybridized carbons (Fsp3) is 0.250. The maximum Gasteiger partial charge on any atom is 0.511 e. The zero-order valence-corrected chi connectivity index (χ0v) is 17.0. The first-order valence-corrected chi connectivity index (χ1v) is 9.72. The lowest BCUT2D eigenvalue weighted by Crippen LogP contribution is -2.15. The maximum absolute atomic E-state index is 10.8. The van der Waals surface area contributed by atoms with Gasteiger partial charge < -0.3 is 9.84 Å². The van der Waals surface area contributed by atoms with Gasteiger partial charge in [-0.25, -0.2) is 4.79 Å². The molecule has 0 saturated carbocycles. The van der Waals surface area contributed by atoms with Gasteiger partial charge in [0.1, 0.15) is 5.75 Å². The van der Waals surface area contributed by atoms with Crippen molar-refractivity contribution in [3.05, 3.63) is 52.8 Å². The molecule has 1 atom stereocenters. The number of nitrogens with zero attached hydrogens (tertiary/aromatic N) is 3. The van der Waals surface area contributed by atoms with Gasteiger partial charge in [0.25, 0.3) is 0 Å². The highest BCUT2D eigenvalue weighted by Gasteiger charge is 2.22. The van der Waals surface area contributed by atoms with E-state index in [1.807, 2.05) is 23.0 Å². The molecule has 1 unspecified atom stereocenters. The van der Waals surface area contributed by atoms with Crippen LogP contribution in [0.3, 0.4) is 0 Å². The van der Waals surface area contributed by atoms with E-state index < -0.39 is 6.16 Å². The Morgan fingerprint density at radius 1 is 1.25 bits per heavy atom. The quantitative estimate of drug-likeness (QED) is 0.320. The monoisotopic (exact) mass is 442 g/mol. The number of carboxylic acid groups (broad SMARTS) is 1. The van der Waals surface area contributed by atoms with E-state index in [1.54, 1.807) is 18.3 Å². The highest BCUT2D eigenvalue weighted by molar-refractivity contribution is 9.10. The Hall–Kier alpha value is -2.87. The van der Waals surface area contributed by atoms with E-state index in [9.17, 15) is 4.79 Å². The molecule has 4 aromatic rings. The molecule has 0 bridgehead atoms. The van der Waals surface area contributed by atoms with Crippen LogP contribution in [0.15, 0.2) is 47.2 Å². The molecule has 0 radical (unpaired) electrons. The number of rotatable bonds is 5. The average Bonchev–Trinajstić information content (AvgIpc) is 3.24. The molecule has 0 aliphatic carbocycles. The molecular formula is C20H19BrN4O3. The third-order valence-corrected chi connectivity index (χ3v) is 5.12. The van der Waals surface area contributed by atoms with Gasteiger partial charge in [-0.05, 0) is 42.7 Å². The van der Waals surface area contributed by atoms with Crippen molar-refractivity contribution < 1.29 is 14.6 Å². The minimum Gasteiger partial charge on any atom is -0.449 e. The summed E-state index contributed by atoms with van der Waals surface area (Å²) in [7, 11) is 0. The topological polar surface area (TPSA) is 93.0 Å². The zero-order chi connectivity index (χ0) is 19.8. The molecule has 2 aromatic carbocycles. The summed E-state index contributed by atoms with van der Waals surface area (Å²) in [5, 5.41) is 22.6. The van der Waals surface area contributed by atoms with Crippen molar-refractivity contribution in [3.8, 4) is 5.75 Å². The number of carbonyl (C=O) groups is 1. The first-order valence-electron chi connectivity index (χ1n) is 8.93. The molecule has 2 heterocycles. The molecule has 0 fully saturated rings. The smallest absolute Gasteiger partial charge is 0.449 e. The van der Waals surface area contributed by atoms with E-state index in [1.165, 1.54) is 0 Å². The van der Waals surface area contributed by atoms with Crippen LogP contribution in [0.1, 0.15) is 31.9 Å². The predicted molar refractivity (Wildman–Crippen MR) is 110 cm³/mol. The molecule has 0 saturated heterocycles. The largest absolute Gasteiger partial charge is 0.511 e. The lowest BCUT2D eigenvalue weighted by molar-refractivity contribution is 0.144. The standard InChI is InChI=1S/C20H19BrN4O3/c1-11(2)5-18(16-8-14(21)6-13-9-22-24-19(13)16)25-17-4-3-15(28-20(26)27)7-12(17)10-23-25/h3-4,6-11,18H,5H2,1-2H3,(H,22,24)(H,26,27). The fourth-order valence-corrected chi connectivity index (χ4v) is 4.05. The Balaban J connectivity index is 1.86. The van der Waals surface area contributed by atoms with Gasteiger partial charge >= 0.3 is 6.16 Å². The van der Waals surface area contributed by atoms with Crippen molar-refractivity contribution in [3.63, 3.8) is 0 Å². The molecular weight excluding hydrogens is 424 g/mol.